The Labute approximate surface area is 152 Å². The molecular weight excluding hydrogens is 380 g/mol. The van der Waals surface area contributed by atoms with E-state index in [1.165, 1.54) is 16.3 Å². The lowest BCUT2D eigenvalue weighted by atomic mass is 10.1. The fourth-order valence-electron chi connectivity index (χ4n) is 3.21. The summed E-state index contributed by atoms with van der Waals surface area (Å²) in [4.78, 5) is 0. The highest BCUT2D eigenvalue weighted by molar-refractivity contribution is 9.10. The second-order valence-electron chi connectivity index (χ2n) is 5.91. The van der Waals surface area contributed by atoms with Crippen molar-refractivity contribution in [1.29, 1.82) is 5.26 Å². The summed E-state index contributed by atoms with van der Waals surface area (Å²) in [6.45, 7) is 0.871. The molecule has 25 heavy (non-hydrogen) atoms. The summed E-state index contributed by atoms with van der Waals surface area (Å²) >= 11 is 3.57. The summed E-state index contributed by atoms with van der Waals surface area (Å²) in [7, 11) is 0. The maximum absolute atomic E-state index is 8.76. The van der Waals surface area contributed by atoms with E-state index in [0.29, 0.717) is 12.2 Å². The fourth-order valence-corrected chi connectivity index (χ4v) is 3.56. The van der Waals surface area contributed by atoms with Gasteiger partial charge in [0.05, 0.1) is 11.6 Å². The van der Waals surface area contributed by atoms with Gasteiger partial charge in [0, 0.05) is 39.3 Å². The molecule has 0 aliphatic heterocycles. The van der Waals surface area contributed by atoms with Crippen LogP contribution in [-0.2, 0) is 6.54 Å². The normalized spacial score (nSPS) is 11.2. The van der Waals surface area contributed by atoms with Crippen LogP contribution >= 0.6 is 15.9 Å². The number of aryl methyl sites for hydroxylation is 1. The Morgan fingerprint density at radius 3 is 2.64 bits per heavy atom. The van der Waals surface area contributed by atoms with Crippen molar-refractivity contribution in [3.63, 3.8) is 0 Å². The molecule has 2 heterocycles. The molecular formula is C18H15BrN6. The first kappa shape index (κ1) is 15.8. The zero-order valence-corrected chi connectivity index (χ0v) is 15.0. The van der Waals surface area contributed by atoms with E-state index in [2.05, 4.69) is 77.5 Å². The third kappa shape index (κ3) is 2.89. The molecule has 0 bridgehead atoms. The summed E-state index contributed by atoms with van der Waals surface area (Å²) in [5, 5.41) is 25.3. The number of tetrazole rings is 1. The van der Waals surface area contributed by atoms with Gasteiger partial charge >= 0.3 is 0 Å². The number of unbranched alkanes of at least 4 members (excludes halogenated alkanes) is 2. The SMILES string of the molecule is N#CCCCCn1c2cc(Br)ccc2c2ccc(-c3nnn[nH]3)cc21. The molecule has 0 atom stereocenters. The van der Waals surface area contributed by atoms with E-state index in [4.69, 9.17) is 5.26 Å². The molecule has 2 aromatic carbocycles. The van der Waals surface area contributed by atoms with Crippen LogP contribution in [0, 0.1) is 11.3 Å². The number of nitrogens with one attached hydrogen (secondary N) is 1. The first-order valence-electron chi connectivity index (χ1n) is 8.10. The standard InChI is InChI=1S/C18H15BrN6/c19-13-5-7-15-14-6-4-12(18-21-23-24-22-18)10-16(14)25(17(15)11-13)9-3-1-2-8-20/h4-7,10-11H,1-3,9H2,(H,21,22,23,24). The highest BCUT2D eigenvalue weighted by atomic mass is 79.9. The maximum Gasteiger partial charge on any atom is 0.179 e. The molecule has 0 saturated carbocycles. The van der Waals surface area contributed by atoms with Crippen molar-refractivity contribution in [3.05, 3.63) is 40.9 Å². The van der Waals surface area contributed by atoms with Gasteiger partial charge in [-0.2, -0.15) is 5.26 Å². The Kier molecular flexibility index (Phi) is 4.20. The van der Waals surface area contributed by atoms with E-state index in [9.17, 15) is 0 Å². The van der Waals surface area contributed by atoms with Gasteiger partial charge in [-0.3, -0.25) is 0 Å². The molecule has 0 unspecified atom stereocenters. The van der Waals surface area contributed by atoms with Crippen molar-refractivity contribution >= 4 is 37.7 Å². The Bertz CT molecular complexity index is 1070. The molecule has 4 rings (SSSR count). The average molecular weight is 395 g/mol. The third-order valence-corrected chi connectivity index (χ3v) is 4.86. The molecule has 1 N–H and O–H groups in total. The van der Waals surface area contributed by atoms with Gasteiger partial charge in [-0.25, -0.2) is 5.10 Å². The van der Waals surface area contributed by atoms with E-state index >= 15 is 0 Å². The molecule has 0 aliphatic rings. The second-order valence-corrected chi connectivity index (χ2v) is 6.83. The number of H-pyrrole nitrogens is 1. The van der Waals surface area contributed by atoms with Gasteiger partial charge in [-0.15, -0.1) is 5.10 Å². The Hall–Kier alpha value is -2.72. The zero-order valence-electron chi connectivity index (χ0n) is 13.4. The van der Waals surface area contributed by atoms with Crippen LogP contribution in [0.3, 0.4) is 0 Å². The van der Waals surface area contributed by atoms with Crippen LogP contribution in [0.15, 0.2) is 40.9 Å². The van der Waals surface area contributed by atoms with Crippen molar-refractivity contribution in [1.82, 2.24) is 25.2 Å². The van der Waals surface area contributed by atoms with Gasteiger partial charge in [0.25, 0.3) is 0 Å². The van der Waals surface area contributed by atoms with Gasteiger partial charge < -0.3 is 4.57 Å². The Morgan fingerprint density at radius 2 is 1.88 bits per heavy atom. The largest absolute Gasteiger partial charge is 0.340 e. The fraction of sp³-hybridized carbons (Fsp3) is 0.222. The lowest BCUT2D eigenvalue weighted by Crippen LogP contribution is -1.98. The molecule has 0 radical (unpaired) electrons. The van der Waals surface area contributed by atoms with Gasteiger partial charge in [0.15, 0.2) is 5.82 Å². The second kappa shape index (κ2) is 6.65. The number of hydrogen-bond donors (Lipinski definition) is 1. The first-order chi connectivity index (χ1) is 12.3. The summed E-state index contributed by atoms with van der Waals surface area (Å²) < 4.78 is 3.38. The predicted molar refractivity (Wildman–Crippen MR) is 99.8 cm³/mol. The first-order valence-corrected chi connectivity index (χ1v) is 8.90. The number of hydrogen-bond acceptors (Lipinski definition) is 4. The minimum absolute atomic E-state index is 0.593. The molecule has 0 spiro atoms. The lowest BCUT2D eigenvalue weighted by Gasteiger charge is -2.07. The van der Waals surface area contributed by atoms with Crippen LogP contribution in [0.25, 0.3) is 33.2 Å². The van der Waals surface area contributed by atoms with Crippen molar-refractivity contribution in [3.8, 4) is 17.5 Å². The summed E-state index contributed by atoms with van der Waals surface area (Å²) in [5.74, 6) is 0.657. The number of aromatic amines is 1. The van der Waals surface area contributed by atoms with E-state index in [0.717, 1.165) is 34.9 Å². The predicted octanol–water partition coefficient (Wildman–Crippen LogP) is 4.43. The highest BCUT2D eigenvalue weighted by Gasteiger charge is 2.13. The molecule has 0 amide bonds. The van der Waals surface area contributed by atoms with E-state index in [-0.39, 0.29) is 0 Å². The maximum atomic E-state index is 8.76. The molecule has 0 aliphatic carbocycles. The van der Waals surface area contributed by atoms with E-state index in [1.54, 1.807) is 0 Å². The molecule has 2 aromatic heterocycles. The number of nitrogens with zero attached hydrogens (tertiary/aromatic N) is 5. The van der Waals surface area contributed by atoms with Crippen molar-refractivity contribution in [2.75, 3.05) is 0 Å². The van der Waals surface area contributed by atoms with Crippen molar-refractivity contribution in [2.45, 2.75) is 25.8 Å². The molecule has 0 fully saturated rings. The topological polar surface area (TPSA) is 83.2 Å². The lowest BCUT2D eigenvalue weighted by molar-refractivity contribution is 0.645. The van der Waals surface area contributed by atoms with Crippen LogP contribution in [-0.4, -0.2) is 25.2 Å². The van der Waals surface area contributed by atoms with Crippen LogP contribution in [0.2, 0.25) is 0 Å². The van der Waals surface area contributed by atoms with E-state index < -0.39 is 0 Å². The molecule has 0 saturated heterocycles. The minimum Gasteiger partial charge on any atom is -0.340 e. The van der Waals surface area contributed by atoms with E-state index in [1.807, 2.05) is 6.07 Å². The van der Waals surface area contributed by atoms with Gasteiger partial charge in [-0.05, 0) is 41.5 Å². The average Bonchev–Trinajstić information content (AvgIpc) is 3.25. The summed E-state index contributed by atoms with van der Waals surface area (Å²) in [6.07, 6.45) is 2.46. The Morgan fingerprint density at radius 1 is 1.08 bits per heavy atom. The minimum atomic E-state index is 0.593. The summed E-state index contributed by atoms with van der Waals surface area (Å²) in [5.41, 5.74) is 3.30. The molecule has 6 nitrogen and oxygen atoms in total. The Balaban J connectivity index is 1.88. The third-order valence-electron chi connectivity index (χ3n) is 4.37. The number of rotatable bonds is 5. The highest BCUT2D eigenvalue weighted by Crippen LogP contribution is 2.33. The quantitative estimate of drug-likeness (QED) is 0.507. The molecule has 7 heteroatoms. The smallest absolute Gasteiger partial charge is 0.179 e. The van der Waals surface area contributed by atoms with Gasteiger partial charge in [0.1, 0.15) is 0 Å². The zero-order chi connectivity index (χ0) is 17.2. The monoisotopic (exact) mass is 394 g/mol. The number of halogens is 1. The molecule has 4 aromatic rings. The number of nitriles is 1. The van der Waals surface area contributed by atoms with Gasteiger partial charge in [-0.1, -0.05) is 34.1 Å². The van der Waals surface area contributed by atoms with Crippen LogP contribution in [0.1, 0.15) is 19.3 Å². The number of fused-ring (bicyclic) bond motifs is 3. The molecule has 124 valence electrons. The van der Waals surface area contributed by atoms with Crippen molar-refractivity contribution in [2.24, 2.45) is 0 Å². The van der Waals surface area contributed by atoms with Crippen LogP contribution in [0.5, 0.6) is 0 Å². The van der Waals surface area contributed by atoms with Gasteiger partial charge in [0.2, 0.25) is 0 Å². The summed E-state index contributed by atoms with van der Waals surface area (Å²) in [6, 6.07) is 14.8. The van der Waals surface area contributed by atoms with Crippen LogP contribution < -0.4 is 0 Å². The van der Waals surface area contributed by atoms with Crippen molar-refractivity contribution < 1.29 is 0 Å². The van der Waals surface area contributed by atoms with Crippen LogP contribution in [0.4, 0.5) is 0 Å². The number of benzene rings is 2. The number of aromatic nitrogens is 5.